The van der Waals surface area contributed by atoms with Crippen molar-refractivity contribution in [3.8, 4) is 23.0 Å². The van der Waals surface area contributed by atoms with Crippen molar-refractivity contribution in [2.24, 2.45) is 0 Å². The van der Waals surface area contributed by atoms with Gasteiger partial charge in [0.1, 0.15) is 23.0 Å². The van der Waals surface area contributed by atoms with E-state index in [1.54, 1.807) is 0 Å². The Labute approximate surface area is 562 Å². The van der Waals surface area contributed by atoms with Gasteiger partial charge < -0.3 is 18.9 Å². The summed E-state index contributed by atoms with van der Waals surface area (Å²) >= 11 is 0. The van der Waals surface area contributed by atoms with Crippen LogP contribution in [0.5, 0.6) is 23.0 Å². The molecule has 90 heavy (non-hydrogen) atoms. The fourth-order valence-corrected chi connectivity index (χ4v) is 14.0. The molecule has 3 rings (SSSR count). The average molecular weight is 1250 g/mol. The van der Waals surface area contributed by atoms with Gasteiger partial charge in [-0.15, -0.1) is 0 Å². The molecule has 0 fully saturated rings. The minimum atomic E-state index is 0.708. The third kappa shape index (κ3) is 44.1. The van der Waals surface area contributed by atoms with Crippen LogP contribution in [0.4, 0.5) is 0 Å². The maximum atomic E-state index is 7.12. The van der Waals surface area contributed by atoms with Gasteiger partial charge in [-0.3, -0.25) is 0 Å². The molecule has 0 aliphatic heterocycles. The van der Waals surface area contributed by atoms with Crippen LogP contribution in [0.15, 0.2) is 36.4 Å². The topological polar surface area (TPSA) is 36.9 Å². The quantitative estimate of drug-likeness (QED) is 0.0417. The molecular weight excluding hydrogens is 1100 g/mol. The van der Waals surface area contributed by atoms with E-state index in [0.29, 0.717) is 13.2 Å². The Morgan fingerprint density at radius 3 is 0.511 bits per heavy atom. The molecule has 0 heterocycles. The SMILES string of the molecule is CCCCCCCCCCCCCCCCCCOc1cccc2c(OCCCCCCCCCCCCCCCCCC)c3c(OCCCCCCCCCCCCCCCCCC)cccc3c(OCCCCCCCCCCCCCCCCCC)c12. The molecule has 0 radical (unpaired) electrons. The van der Waals surface area contributed by atoms with Crippen LogP contribution in [0.3, 0.4) is 0 Å². The lowest BCUT2D eigenvalue weighted by molar-refractivity contribution is 0.293. The lowest BCUT2D eigenvalue weighted by Crippen LogP contribution is -2.06. The summed E-state index contributed by atoms with van der Waals surface area (Å²) in [5, 5.41) is 4.36. The fourth-order valence-electron chi connectivity index (χ4n) is 14.0. The summed E-state index contributed by atoms with van der Waals surface area (Å²) in [6.07, 6.45) is 87.7. The summed E-state index contributed by atoms with van der Waals surface area (Å²) in [6, 6.07) is 13.3. The highest BCUT2D eigenvalue weighted by atomic mass is 16.5. The summed E-state index contributed by atoms with van der Waals surface area (Å²) in [5.41, 5.74) is 0. The molecule has 3 aromatic rings. The summed E-state index contributed by atoms with van der Waals surface area (Å²) in [5.74, 6) is 3.77. The molecule has 4 nitrogen and oxygen atoms in total. The number of rotatable bonds is 72. The van der Waals surface area contributed by atoms with Gasteiger partial charge in [0.05, 0.1) is 37.2 Å². The van der Waals surface area contributed by atoms with E-state index < -0.39 is 0 Å². The second-order valence-electron chi connectivity index (χ2n) is 28.6. The van der Waals surface area contributed by atoms with Gasteiger partial charge in [0.15, 0.2) is 0 Å². The van der Waals surface area contributed by atoms with Crippen LogP contribution in [0.2, 0.25) is 0 Å². The first-order valence-electron chi connectivity index (χ1n) is 41.3. The van der Waals surface area contributed by atoms with E-state index >= 15 is 0 Å². The molecule has 522 valence electrons. The van der Waals surface area contributed by atoms with E-state index in [0.717, 1.165) is 83.4 Å². The Kier molecular flexibility index (Phi) is 57.8. The van der Waals surface area contributed by atoms with Crippen molar-refractivity contribution in [3.63, 3.8) is 0 Å². The molecule has 4 heteroatoms. The van der Waals surface area contributed by atoms with E-state index in [4.69, 9.17) is 18.9 Å². The number of hydrogen-bond donors (Lipinski definition) is 0. The standard InChI is InChI=1S/C86H154O4/c1-5-9-13-17-21-25-29-33-37-41-45-49-53-57-61-65-75-87-81-73-69-71-79-83(81)85(89-77-67-63-59-55-51-47-43-39-35-31-27-23-19-15-11-7-3)80-72-70-74-82(88-76-66-62-58-54-50-46-42-38-34-30-26-22-18-14-10-6-2)84(80)86(79)90-78-68-64-60-56-52-48-44-40-36-32-28-24-20-16-12-8-4/h69-74H,5-68,75-78H2,1-4H3. The first kappa shape index (κ1) is 81.6. The molecule has 0 aliphatic rings. The highest BCUT2D eigenvalue weighted by molar-refractivity contribution is 6.15. The lowest BCUT2D eigenvalue weighted by Gasteiger charge is -2.22. The average Bonchev–Trinajstić information content (AvgIpc) is 0.808. The summed E-state index contributed by atoms with van der Waals surface area (Å²) in [6.45, 7) is 12.1. The predicted octanol–water partition coefficient (Wildman–Crippen LogP) is 30.6. The highest BCUT2D eigenvalue weighted by Gasteiger charge is 2.23. The first-order chi connectivity index (χ1) is 44.8. The van der Waals surface area contributed by atoms with Crippen molar-refractivity contribution in [1.29, 1.82) is 0 Å². The maximum Gasteiger partial charge on any atom is 0.139 e. The number of ether oxygens (including phenoxy) is 4. The fraction of sp³-hybridized carbons (Fsp3) is 0.837. The molecule has 3 aromatic carbocycles. The molecule has 0 saturated carbocycles. The number of hydrogen-bond acceptors (Lipinski definition) is 4. The molecule has 0 aliphatic carbocycles. The third-order valence-corrected chi connectivity index (χ3v) is 20.0. The Balaban J connectivity index is 1.65. The van der Waals surface area contributed by atoms with Crippen molar-refractivity contribution >= 4 is 21.5 Å². The van der Waals surface area contributed by atoms with Gasteiger partial charge >= 0.3 is 0 Å². The van der Waals surface area contributed by atoms with Crippen LogP contribution in [0.25, 0.3) is 21.5 Å². The van der Waals surface area contributed by atoms with E-state index in [2.05, 4.69) is 64.1 Å². The van der Waals surface area contributed by atoms with Crippen LogP contribution in [-0.4, -0.2) is 26.4 Å². The van der Waals surface area contributed by atoms with Crippen LogP contribution in [0, 0.1) is 0 Å². The molecule has 0 N–H and O–H groups in total. The zero-order valence-electron chi connectivity index (χ0n) is 61.2. The zero-order chi connectivity index (χ0) is 63.8. The van der Waals surface area contributed by atoms with Gasteiger partial charge in [-0.1, -0.05) is 437 Å². The van der Waals surface area contributed by atoms with E-state index in [-0.39, 0.29) is 0 Å². The van der Waals surface area contributed by atoms with E-state index in [9.17, 15) is 0 Å². The first-order valence-corrected chi connectivity index (χ1v) is 41.3. The predicted molar refractivity (Wildman–Crippen MR) is 402 cm³/mol. The van der Waals surface area contributed by atoms with Gasteiger partial charge in [-0.05, 0) is 37.8 Å². The molecule has 0 saturated heterocycles. The number of unbranched alkanes of at least 4 members (excludes halogenated alkanes) is 60. The monoisotopic (exact) mass is 1250 g/mol. The largest absolute Gasteiger partial charge is 0.493 e. The van der Waals surface area contributed by atoms with Gasteiger partial charge in [-0.25, -0.2) is 0 Å². The lowest BCUT2D eigenvalue weighted by atomic mass is 9.98. The third-order valence-electron chi connectivity index (χ3n) is 20.0. The maximum absolute atomic E-state index is 7.12. The summed E-state index contributed by atoms with van der Waals surface area (Å²) in [7, 11) is 0. The van der Waals surface area contributed by atoms with Gasteiger partial charge in [0.2, 0.25) is 0 Å². The van der Waals surface area contributed by atoms with Crippen LogP contribution in [-0.2, 0) is 0 Å². The smallest absolute Gasteiger partial charge is 0.139 e. The Morgan fingerprint density at radius 2 is 0.333 bits per heavy atom. The van der Waals surface area contributed by atoms with Crippen molar-refractivity contribution in [2.75, 3.05) is 26.4 Å². The normalized spacial score (nSPS) is 11.7. The van der Waals surface area contributed by atoms with Crippen molar-refractivity contribution in [1.82, 2.24) is 0 Å². The van der Waals surface area contributed by atoms with Gasteiger partial charge in [-0.2, -0.15) is 0 Å². The molecular formula is C86H154O4. The Hall–Kier alpha value is -2.62. The zero-order valence-corrected chi connectivity index (χ0v) is 61.2. The van der Waals surface area contributed by atoms with Gasteiger partial charge in [0, 0.05) is 10.8 Å². The Bertz CT molecular complexity index is 1820. The minimum absolute atomic E-state index is 0.708. The number of fused-ring (bicyclic) bond motifs is 2. The van der Waals surface area contributed by atoms with E-state index in [1.807, 2.05) is 0 Å². The van der Waals surface area contributed by atoms with Crippen LogP contribution >= 0.6 is 0 Å². The second-order valence-corrected chi connectivity index (χ2v) is 28.6. The highest BCUT2D eigenvalue weighted by Crippen LogP contribution is 2.50. The van der Waals surface area contributed by atoms with Gasteiger partial charge in [0.25, 0.3) is 0 Å². The second kappa shape index (κ2) is 63.8. The van der Waals surface area contributed by atoms with E-state index in [1.165, 1.54) is 385 Å². The summed E-state index contributed by atoms with van der Waals surface area (Å²) < 4.78 is 28.0. The summed E-state index contributed by atoms with van der Waals surface area (Å²) in [4.78, 5) is 0. The molecule has 0 aromatic heterocycles. The molecule has 0 spiro atoms. The Morgan fingerprint density at radius 1 is 0.178 bits per heavy atom. The van der Waals surface area contributed by atoms with Crippen molar-refractivity contribution in [3.05, 3.63) is 36.4 Å². The number of benzene rings is 3. The van der Waals surface area contributed by atoms with Crippen molar-refractivity contribution in [2.45, 2.75) is 439 Å². The van der Waals surface area contributed by atoms with Crippen LogP contribution in [0.1, 0.15) is 439 Å². The minimum Gasteiger partial charge on any atom is -0.493 e. The molecule has 0 atom stereocenters. The molecule has 0 bridgehead atoms. The molecule has 0 amide bonds. The molecule has 0 unspecified atom stereocenters. The van der Waals surface area contributed by atoms with Crippen molar-refractivity contribution < 1.29 is 18.9 Å². The van der Waals surface area contributed by atoms with Crippen LogP contribution < -0.4 is 18.9 Å².